The predicted octanol–water partition coefficient (Wildman–Crippen LogP) is 1.24. The van der Waals surface area contributed by atoms with Gasteiger partial charge in [-0.15, -0.1) is 0 Å². The molecule has 0 aromatic heterocycles. The first-order chi connectivity index (χ1) is 7.52. The molecule has 86 valence electrons. The van der Waals surface area contributed by atoms with Crippen molar-refractivity contribution in [2.24, 2.45) is 0 Å². The van der Waals surface area contributed by atoms with Crippen LogP contribution in [0.1, 0.15) is 12.5 Å². The molecule has 0 aliphatic rings. The van der Waals surface area contributed by atoms with E-state index in [1.807, 2.05) is 22.6 Å². The normalized spacial score (nSPS) is 11.9. The first kappa shape index (κ1) is 13.0. The van der Waals surface area contributed by atoms with E-state index in [1.54, 1.807) is 18.2 Å². The Hall–Kier alpha value is -1.11. The largest absolute Gasteiger partial charge is 0.507 e. The molecule has 1 rings (SSSR count). The smallest absolute Gasteiger partial charge is 0.217 e. The molecule has 16 heavy (non-hydrogen) atoms. The van der Waals surface area contributed by atoms with Crippen LogP contribution in [0.4, 0.5) is 0 Å². The van der Waals surface area contributed by atoms with Crippen molar-refractivity contribution in [3.05, 3.63) is 27.3 Å². The molecular formula is C11H12INO3. The Morgan fingerprint density at radius 2 is 2.31 bits per heavy atom. The Labute approximate surface area is 107 Å². The molecule has 0 spiro atoms. The first-order valence-corrected chi connectivity index (χ1v) is 5.80. The molecule has 2 N–H and O–H groups in total. The first-order valence-electron chi connectivity index (χ1n) is 4.72. The number of aldehydes is 1. The van der Waals surface area contributed by atoms with E-state index in [1.165, 1.54) is 6.92 Å². The van der Waals surface area contributed by atoms with Gasteiger partial charge in [0, 0.05) is 6.92 Å². The van der Waals surface area contributed by atoms with Crippen LogP contribution in [-0.4, -0.2) is 23.3 Å². The maximum atomic E-state index is 10.8. The van der Waals surface area contributed by atoms with Gasteiger partial charge in [-0.2, -0.15) is 0 Å². The lowest BCUT2D eigenvalue weighted by molar-refractivity contribution is -0.122. The highest BCUT2D eigenvalue weighted by Crippen LogP contribution is 2.20. The summed E-state index contributed by atoms with van der Waals surface area (Å²) in [6.45, 7) is 1.37. The number of hydrogen-bond acceptors (Lipinski definition) is 3. The second-order valence-electron chi connectivity index (χ2n) is 3.43. The lowest BCUT2D eigenvalue weighted by Crippen LogP contribution is -2.35. The molecule has 0 bridgehead atoms. The number of phenols is 1. The van der Waals surface area contributed by atoms with Crippen LogP contribution in [0, 0.1) is 3.57 Å². The van der Waals surface area contributed by atoms with Gasteiger partial charge < -0.3 is 15.2 Å². The average molecular weight is 333 g/mol. The molecule has 0 aliphatic heterocycles. The summed E-state index contributed by atoms with van der Waals surface area (Å²) in [5.74, 6) is -0.0166. The molecule has 1 aromatic rings. The molecule has 4 nitrogen and oxygen atoms in total. The minimum Gasteiger partial charge on any atom is -0.507 e. The van der Waals surface area contributed by atoms with Crippen molar-refractivity contribution in [3.63, 3.8) is 0 Å². The summed E-state index contributed by atoms with van der Waals surface area (Å²) < 4.78 is 0.725. The second-order valence-corrected chi connectivity index (χ2v) is 4.60. The standard InChI is InChI=1S/C11H12INO3/c1-7(15)13-9(6-14)4-8-2-3-11(16)10(12)5-8/h2-3,5-6,9,16H,4H2,1H3,(H,13,15)/t9-/m0/s1. The number of nitrogens with one attached hydrogen (secondary N) is 1. The summed E-state index contributed by atoms with van der Waals surface area (Å²) in [5.41, 5.74) is 0.896. The SMILES string of the molecule is CC(=O)N[C@H](C=O)Cc1ccc(O)c(I)c1. The molecule has 0 saturated carbocycles. The molecule has 0 saturated heterocycles. The Kier molecular flexibility index (Phi) is 4.72. The average Bonchev–Trinajstić information content (AvgIpc) is 2.22. The van der Waals surface area contributed by atoms with Gasteiger partial charge in [-0.25, -0.2) is 0 Å². The van der Waals surface area contributed by atoms with Crippen LogP contribution in [0.2, 0.25) is 0 Å². The van der Waals surface area contributed by atoms with Crippen molar-refractivity contribution in [2.75, 3.05) is 0 Å². The van der Waals surface area contributed by atoms with E-state index in [9.17, 15) is 14.7 Å². The van der Waals surface area contributed by atoms with E-state index in [0.717, 1.165) is 9.13 Å². The van der Waals surface area contributed by atoms with Crippen molar-refractivity contribution in [1.82, 2.24) is 5.32 Å². The maximum Gasteiger partial charge on any atom is 0.217 e. The highest BCUT2D eigenvalue weighted by Gasteiger charge is 2.10. The van der Waals surface area contributed by atoms with Crippen molar-refractivity contribution in [2.45, 2.75) is 19.4 Å². The highest BCUT2D eigenvalue weighted by atomic mass is 127. The molecule has 0 unspecified atom stereocenters. The van der Waals surface area contributed by atoms with Crippen molar-refractivity contribution in [3.8, 4) is 5.75 Å². The molecule has 1 aromatic carbocycles. The third-order valence-electron chi connectivity index (χ3n) is 2.02. The number of phenolic OH excluding ortho intramolecular Hbond substituents is 1. The summed E-state index contributed by atoms with van der Waals surface area (Å²) in [6.07, 6.45) is 1.14. The zero-order valence-electron chi connectivity index (χ0n) is 8.74. The lowest BCUT2D eigenvalue weighted by Gasteiger charge is -2.11. The Morgan fingerprint density at radius 3 is 2.81 bits per heavy atom. The zero-order chi connectivity index (χ0) is 12.1. The van der Waals surface area contributed by atoms with Crippen molar-refractivity contribution in [1.29, 1.82) is 0 Å². The molecule has 0 aliphatic carbocycles. The van der Waals surface area contributed by atoms with Gasteiger partial charge in [-0.1, -0.05) is 6.07 Å². The summed E-state index contributed by atoms with van der Waals surface area (Å²) in [5, 5.41) is 11.9. The number of hydrogen-bond donors (Lipinski definition) is 2. The summed E-state index contributed by atoms with van der Waals surface area (Å²) in [4.78, 5) is 21.5. The van der Waals surface area contributed by atoms with Crippen LogP contribution in [0.15, 0.2) is 18.2 Å². The van der Waals surface area contributed by atoms with E-state index in [-0.39, 0.29) is 11.7 Å². The maximum absolute atomic E-state index is 10.8. The highest BCUT2D eigenvalue weighted by molar-refractivity contribution is 14.1. The quantitative estimate of drug-likeness (QED) is 0.644. The van der Waals surface area contributed by atoms with E-state index in [2.05, 4.69) is 5.32 Å². The fourth-order valence-electron chi connectivity index (χ4n) is 1.33. The number of rotatable bonds is 4. The molecule has 0 fully saturated rings. The van der Waals surface area contributed by atoms with Gasteiger partial charge in [0.1, 0.15) is 12.0 Å². The zero-order valence-corrected chi connectivity index (χ0v) is 10.9. The van der Waals surface area contributed by atoms with Crippen LogP contribution in [0.5, 0.6) is 5.75 Å². The number of halogens is 1. The van der Waals surface area contributed by atoms with Gasteiger partial charge in [0.25, 0.3) is 0 Å². The fraction of sp³-hybridized carbons (Fsp3) is 0.273. The van der Waals surface area contributed by atoms with Gasteiger partial charge >= 0.3 is 0 Å². The van der Waals surface area contributed by atoms with Crippen LogP contribution in [-0.2, 0) is 16.0 Å². The Bertz CT molecular complexity index is 406. The second kappa shape index (κ2) is 5.83. The summed E-state index contributed by atoms with van der Waals surface area (Å²) in [7, 11) is 0. The fourth-order valence-corrected chi connectivity index (χ4v) is 1.91. The third-order valence-corrected chi connectivity index (χ3v) is 2.88. The summed E-state index contributed by atoms with van der Waals surface area (Å²) in [6, 6.07) is 4.58. The molecule has 5 heteroatoms. The van der Waals surface area contributed by atoms with Crippen molar-refractivity contribution >= 4 is 34.8 Å². The lowest BCUT2D eigenvalue weighted by atomic mass is 10.1. The molecule has 1 amide bonds. The Morgan fingerprint density at radius 1 is 1.62 bits per heavy atom. The molecular weight excluding hydrogens is 321 g/mol. The number of benzene rings is 1. The minimum atomic E-state index is -0.516. The van der Waals surface area contributed by atoms with Crippen molar-refractivity contribution < 1.29 is 14.7 Å². The number of aromatic hydroxyl groups is 1. The van der Waals surface area contributed by atoms with Crippen LogP contribution in [0.25, 0.3) is 0 Å². The van der Waals surface area contributed by atoms with E-state index >= 15 is 0 Å². The van der Waals surface area contributed by atoms with Crippen LogP contribution >= 0.6 is 22.6 Å². The molecule has 0 radical (unpaired) electrons. The van der Waals surface area contributed by atoms with E-state index in [4.69, 9.17) is 0 Å². The van der Waals surface area contributed by atoms with E-state index < -0.39 is 6.04 Å². The van der Waals surface area contributed by atoms with E-state index in [0.29, 0.717) is 12.7 Å². The number of carbonyl (C=O) groups excluding carboxylic acids is 2. The van der Waals surface area contributed by atoms with Crippen LogP contribution < -0.4 is 5.32 Å². The topological polar surface area (TPSA) is 66.4 Å². The predicted molar refractivity (Wildman–Crippen MR) is 68.2 cm³/mol. The van der Waals surface area contributed by atoms with Gasteiger partial charge in [0.05, 0.1) is 9.61 Å². The minimum absolute atomic E-state index is 0.214. The van der Waals surface area contributed by atoms with Gasteiger partial charge in [0.2, 0.25) is 5.91 Å². The van der Waals surface area contributed by atoms with Gasteiger partial charge in [-0.05, 0) is 46.7 Å². The summed E-state index contributed by atoms with van der Waals surface area (Å²) >= 11 is 2.01. The Balaban J connectivity index is 2.74. The number of carbonyl (C=O) groups is 2. The van der Waals surface area contributed by atoms with Gasteiger partial charge in [-0.3, -0.25) is 4.79 Å². The third kappa shape index (κ3) is 3.80. The molecule has 1 atom stereocenters. The van der Waals surface area contributed by atoms with Gasteiger partial charge in [0.15, 0.2) is 0 Å². The monoisotopic (exact) mass is 333 g/mol. The molecule has 0 heterocycles. The van der Waals surface area contributed by atoms with Crippen LogP contribution in [0.3, 0.4) is 0 Å². The number of amides is 1.